The van der Waals surface area contributed by atoms with Crippen molar-refractivity contribution in [3.05, 3.63) is 64.0 Å². The summed E-state index contributed by atoms with van der Waals surface area (Å²) in [5.41, 5.74) is -0.619. The van der Waals surface area contributed by atoms with Crippen LogP contribution in [0.3, 0.4) is 0 Å². The summed E-state index contributed by atoms with van der Waals surface area (Å²) in [7, 11) is 0. The molecule has 1 fully saturated rings. The average molecular weight is 504 g/mol. The largest absolute Gasteiger partial charge is 0.484 e. The number of benzene rings is 2. The van der Waals surface area contributed by atoms with Crippen LogP contribution in [0.2, 0.25) is 0 Å². The summed E-state index contributed by atoms with van der Waals surface area (Å²) < 4.78 is 57.8. The van der Waals surface area contributed by atoms with Crippen LogP contribution in [-0.2, 0) is 11.0 Å². The molecular weight excluding hydrogens is 475 g/mol. The maximum atomic E-state index is 13.9. The van der Waals surface area contributed by atoms with E-state index in [2.05, 4.69) is 5.32 Å². The zero-order chi connectivity index (χ0) is 25.9. The third kappa shape index (κ3) is 5.83. The predicted molar refractivity (Wildman–Crippen MR) is 129 cm³/mol. The number of rotatable bonds is 7. The number of alkyl halides is 3. The van der Waals surface area contributed by atoms with Crippen LogP contribution < -0.4 is 20.2 Å². The second-order valence-electron chi connectivity index (χ2n) is 9.23. The lowest BCUT2D eigenvalue weighted by molar-refractivity contribution is -0.154. The van der Waals surface area contributed by atoms with E-state index in [1.165, 1.54) is 24.3 Å². The molecule has 0 unspecified atom stereocenters. The second-order valence-corrected chi connectivity index (χ2v) is 9.23. The number of fused-ring (bicyclic) bond motifs is 1. The minimum absolute atomic E-state index is 0.0435. The van der Waals surface area contributed by atoms with Crippen molar-refractivity contribution >= 4 is 16.9 Å². The summed E-state index contributed by atoms with van der Waals surface area (Å²) in [4.78, 5) is 25.3. The van der Waals surface area contributed by atoms with E-state index in [4.69, 9.17) is 13.9 Å². The van der Waals surface area contributed by atoms with Gasteiger partial charge in [0.25, 0.3) is 11.7 Å². The van der Waals surface area contributed by atoms with Gasteiger partial charge < -0.3 is 19.2 Å². The number of amides is 1. The van der Waals surface area contributed by atoms with Gasteiger partial charge in [-0.05, 0) is 42.5 Å². The molecule has 0 saturated heterocycles. The number of para-hydroxylation sites is 1. The standard InChI is InChI=1S/C27H28F3NO5/c1-16(2)19-10-6-7-11-21(19)35-25-24(33)20-13-12-18(14-22(20)36-26(25)27(28,29)30)34-15-23(32)31-17-8-4-3-5-9-17/h6-7,10-14,16-17H,3-5,8-9,15H2,1-2H3,(H,31,32). The highest BCUT2D eigenvalue weighted by Crippen LogP contribution is 2.40. The molecule has 1 amide bonds. The van der Waals surface area contributed by atoms with Crippen LogP contribution in [-0.4, -0.2) is 18.6 Å². The third-order valence-electron chi connectivity index (χ3n) is 6.17. The molecule has 1 aliphatic rings. The van der Waals surface area contributed by atoms with Crippen LogP contribution >= 0.6 is 0 Å². The van der Waals surface area contributed by atoms with Crippen LogP contribution in [0.4, 0.5) is 13.2 Å². The first-order valence-corrected chi connectivity index (χ1v) is 12.0. The molecule has 6 nitrogen and oxygen atoms in total. The highest BCUT2D eigenvalue weighted by Gasteiger charge is 2.40. The van der Waals surface area contributed by atoms with Gasteiger partial charge >= 0.3 is 6.18 Å². The predicted octanol–water partition coefficient (Wildman–Crippen LogP) is 6.56. The van der Waals surface area contributed by atoms with E-state index in [-0.39, 0.29) is 46.9 Å². The fourth-order valence-electron chi connectivity index (χ4n) is 4.35. The molecule has 0 bridgehead atoms. The number of nitrogens with one attached hydrogen (secondary N) is 1. The highest BCUT2D eigenvalue weighted by molar-refractivity contribution is 5.81. The van der Waals surface area contributed by atoms with Crippen molar-refractivity contribution in [2.45, 2.75) is 64.1 Å². The van der Waals surface area contributed by atoms with Gasteiger partial charge in [-0.2, -0.15) is 13.2 Å². The van der Waals surface area contributed by atoms with Crippen LogP contribution in [0.1, 0.15) is 63.2 Å². The van der Waals surface area contributed by atoms with Crippen LogP contribution in [0.5, 0.6) is 17.2 Å². The monoisotopic (exact) mass is 503 g/mol. The minimum Gasteiger partial charge on any atom is -0.484 e. The molecule has 0 radical (unpaired) electrons. The number of carbonyl (C=O) groups excluding carboxylic acids is 1. The summed E-state index contributed by atoms with van der Waals surface area (Å²) in [6.45, 7) is 3.44. The van der Waals surface area contributed by atoms with Crippen molar-refractivity contribution < 1.29 is 31.9 Å². The van der Waals surface area contributed by atoms with Crippen LogP contribution in [0, 0.1) is 0 Å². The van der Waals surface area contributed by atoms with E-state index in [0.717, 1.165) is 32.1 Å². The third-order valence-corrected chi connectivity index (χ3v) is 6.17. The molecule has 1 aliphatic carbocycles. The van der Waals surface area contributed by atoms with E-state index >= 15 is 0 Å². The second kappa shape index (κ2) is 10.6. The van der Waals surface area contributed by atoms with Crippen molar-refractivity contribution in [1.82, 2.24) is 5.32 Å². The van der Waals surface area contributed by atoms with Crippen molar-refractivity contribution in [1.29, 1.82) is 0 Å². The molecule has 0 atom stereocenters. The summed E-state index contributed by atoms with van der Waals surface area (Å²) in [6.07, 6.45) is 0.129. The first-order chi connectivity index (χ1) is 17.1. The Morgan fingerprint density at radius 1 is 1.11 bits per heavy atom. The van der Waals surface area contributed by atoms with E-state index in [1.54, 1.807) is 18.2 Å². The number of hydrogen-bond donors (Lipinski definition) is 1. The van der Waals surface area contributed by atoms with Crippen molar-refractivity contribution in [3.63, 3.8) is 0 Å². The Balaban J connectivity index is 1.61. The molecule has 1 aromatic heterocycles. The molecule has 36 heavy (non-hydrogen) atoms. The SMILES string of the molecule is CC(C)c1ccccc1Oc1c(C(F)(F)F)oc2cc(OCC(=O)NC3CCCCC3)ccc2c1=O. The van der Waals surface area contributed by atoms with Gasteiger partial charge in [-0.1, -0.05) is 51.3 Å². The van der Waals surface area contributed by atoms with Gasteiger partial charge in [0.15, 0.2) is 6.61 Å². The van der Waals surface area contributed by atoms with Crippen molar-refractivity contribution in [3.8, 4) is 17.2 Å². The van der Waals surface area contributed by atoms with Crippen LogP contribution in [0.25, 0.3) is 11.0 Å². The van der Waals surface area contributed by atoms with E-state index in [1.807, 2.05) is 13.8 Å². The number of ether oxygens (including phenoxy) is 2. The van der Waals surface area contributed by atoms with Crippen molar-refractivity contribution in [2.75, 3.05) is 6.61 Å². The molecule has 0 aliphatic heterocycles. The normalized spacial score (nSPS) is 14.7. The topological polar surface area (TPSA) is 77.8 Å². The molecule has 1 heterocycles. The van der Waals surface area contributed by atoms with Gasteiger partial charge in [0, 0.05) is 12.1 Å². The van der Waals surface area contributed by atoms with Gasteiger partial charge in [0.2, 0.25) is 11.2 Å². The average Bonchev–Trinajstić information content (AvgIpc) is 2.84. The quantitative estimate of drug-likeness (QED) is 0.395. The Morgan fingerprint density at radius 2 is 1.83 bits per heavy atom. The fourth-order valence-corrected chi connectivity index (χ4v) is 4.35. The van der Waals surface area contributed by atoms with Gasteiger partial charge in [0.1, 0.15) is 17.1 Å². The van der Waals surface area contributed by atoms with Gasteiger partial charge in [-0.25, -0.2) is 0 Å². The summed E-state index contributed by atoms with van der Waals surface area (Å²) in [5.74, 6) is -2.57. The first kappa shape index (κ1) is 25.6. The molecule has 1 N–H and O–H groups in total. The number of carbonyl (C=O) groups is 1. The first-order valence-electron chi connectivity index (χ1n) is 12.0. The molecule has 0 spiro atoms. The van der Waals surface area contributed by atoms with Gasteiger partial charge in [0.05, 0.1) is 5.39 Å². The lowest BCUT2D eigenvalue weighted by atomic mass is 9.95. The van der Waals surface area contributed by atoms with Gasteiger partial charge in [-0.3, -0.25) is 9.59 Å². The molecular formula is C27H28F3NO5. The molecule has 4 rings (SSSR count). The van der Waals surface area contributed by atoms with Crippen molar-refractivity contribution in [2.24, 2.45) is 0 Å². The molecule has 1 saturated carbocycles. The lowest BCUT2D eigenvalue weighted by Gasteiger charge is -2.22. The Hall–Kier alpha value is -3.49. The maximum absolute atomic E-state index is 13.9. The molecule has 192 valence electrons. The Labute approximate surface area is 206 Å². The summed E-state index contributed by atoms with van der Waals surface area (Å²) in [6, 6.07) is 10.6. The Kier molecular flexibility index (Phi) is 7.56. The summed E-state index contributed by atoms with van der Waals surface area (Å²) in [5, 5.41) is 2.81. The maximum Gasteiger partial charge on any atom is 0.453 e. The van der Waals surface area contributed by atoms with E-state index in [9.17, 15) is 22.8 Å². The van der Waals surface area contributed by atoms with E-state index < -0.39 is 23.1 Å². The smallest absolute Gasteiger partial charge is 0.453 e. The van der Waals surface area contributed by atoms with E-state index in [0.29, 0.717) is 5.56 Å². The molecule has 9 heteroatoms. The number of halogens is 3. The molecule has 3 aromatic rings. The highest BCUT2D eigenvalue weighted by atomic mass is 19.4. The summed E-state index contributed by atoms with van der Waals surface area (Å²) >= 11 is 0. The lowest BCUT2D eigenvalue weighted by Crippen LogP contribution is -2.38. The number of hydrogen-bond acceptors (Lipinski definition) is 5. The zero-order valence-electron chi connectivity index (χ0n) is 20.1. The molecule has 2 aromatic carbocycles. The Morgan fingerprint density at radius 3 is 2.53 bits per heavy atom. The van der Waals surface area contributed by atoms with Gasteiger partial charge in [-0.15, -0.1) is 0 Å². The minimum atomic E-state index is -4.98. The zero-order valence-corrected chi connectivity index (χ0v) is 20.1. The Bertz CT molecular complexity index is 1290. The van der Waals surface area contributed by atoms with Crippen LogP contribution in [0.15, 0.2) is 51.7 Å². The fraction of sp³-hybridized carbons (Fsp3) is 0.407.